The van der Waals surface area contributed by atoms with Gasteiger partial charge in [-0.2, -0.15) is 0 Å². The van der Waals surface area contributed by atoms with Crippen LogP contribution in [0.4, 0.5) is 0 Å². The van der Waals surface area contributed by atoms with Crippen LogP contribution in [0.2, 0.25) is 1.41 Å². The predicted octanol–water partition coefficient (Wildman–Crippen LogP) is 2.04. The van der Waals surface area contributed by atoms with Gasteiger partial charge in [-0.3, -0.25) is 14.2 Å². The van der Waals surface area contributed by atoms with Gasteiger partial charge >= 0.3 is 0 Å². The summed E-state index contributed by atoms with van der Waals surface area (Å²) < 4.78 is 144. The van der Waals surface area contributed by atoms with Crippen LogP contribution in [0.15, 0.2) is 10.3 Å². The van der Waals surface area contributed by atoms with Crippen LogP contribution in [0.1, 0.15) is 66.6 Å². The van der Waals surface area contributed by atoms with Crippen LogP contribution in [0.25, 0.3) is 10.3 Å². The number of thiazole rings is 1. The number of likely N-dealkylation sites (tertiary alicyclic amines) is 1. The molecule has 3 heterocycles. The van der Waals surface area contributed by atoms with Crippen molar-refractivity contribution in [2.45, 2.75) is 39.4 Å². The molecule has 1 unspecified atom stereocenters. The van der Waals surface area contributed by atoms with E-state index in [-0.39, 0.29) is 9.47 Å². The highest BCUT2D eigenvalue weighted by atomic mass is 32.1. The van der Waals surface area contributed by atoms with Gasteiger partial charge in [0.2, 0.25) is 0 Å². The molecule has 0 aromatic carbocycles. The van der Waals surface area contributed by atoms with E-state index in [0.29, 0.717) is 18.3 Å². The third kappa shape index (κ3) is 3.76. The molecule has 0 saturated carbocycles. The molecular formula is C18H26N4O3S. The van der Waals surface area contributed by atoms with Gasteiger partial charge in [-0.1, -0.05) is 6.92 Å². The van der Waals surface area contributed by atoms with Crippen molar-refractivity contribution < 1.29 is 34.6 Å². The van der Waals surface area contributed by atoms with Crippen LogP contribution >= 0.6 is 11.3 Å². The molecule has 0 spiro atoms. The summed E-state index contributed by atoms with van der Waals surface area (Å²) in [7, 11) is 0. The van der Waals surface area contributed by atoms with Gasteiger partial charge in [0.05, 0.1) is 6.86 Å². The molecule has 0 aliphatic carbocycles. The lowest BCUT2D eigenvalue weighted by molar-refractivity contribution is 0.0945. The number of amides is 1. The number of rotatable bonds is 6. The lowest BCUT2D eigenvalue weighted by Gasteiger charge is -2.30. The van der Waals surface area contributed by atoms with Crippen molar-refractivity contribution in [2.75, 3.05) is 26.0 Å². The number of nitrogens with zero attached hydrogens (tertiary/aromatic N) is 3. The molecule has 26 heavy (non-hydrogen) atoms. The average molecular weight is 397 g/mol. The fourth-order valence-electron chi connectivity index (χ4n) is 2.14. The van der Waals surface area contributed by atoms with E-state index >= 15 is 0 Å². The minimum absolute atomic E-state index is 0.0545. The summed E-state index contributed by atoms with van der Waals surface area (Å²) in [5, 5.41) is 10.2. The van der Waals surface area contributed by atoms with Crippen LogP contribution in [0.3, 0.4) is 0 Å². The van der Waals surface area contributed by atoms with Crippen molar-refractivity contribution in [3.05, 3.63) is 21.4 Å². The Hall–Kier alpha value is -1.93. The number of hydrogen-bond acceptors (Lipinski definition) is 6. The smallest absolute Gasteiger partial charge is 0.268 e. The van der Waals surface area contributed by atoms with E-state index in [1.807, 2.05) is 0 Å². The van der Waals surface area contributed by atoms with Gasteiger partial charge in [0, 0.05) is 41.4 Å². The first-order valence-corrected chi connectivity index (χ1v) is 8.04. The zero-order valence-corrected chi connectivity index (χ0v) is 14.2. The Labute approximate surface area is 182 Å². The quantitative estimate of drug-likeness (QED) is 0.780. The number of aromatic hydroxyl groups is 1. The van der Waals surface area contributed by atoms with Crippen LogP contribution < -0.4 is 10.9 Å². The van der Waals surface area contributed by atoms with E-state index in [4.69, 9.17) is 24.7 Å². The molecule has 1 fully saturated rings. The van der Waals surface area contributed by atoms with E-state index < -0.39 is 108 Å². The maximum Gasteiger partial charge on any atom is 0.268 e. The maximum atomic E-state index is 13.3. The topological polar surface area (TPSA) is 87.5 Å². The highest BCUT2D eigenvalue weighted by Gasteiger charge is 2.23. The highest BCUT2D eigenvalue weighted by Crippen LogP contribution is 2.29. The molecule has 1 atom stereocenters. The fourth-order valence-corrected chi connectivity index (χ4v) is 2.79. The van der Waals surface area contributed by atoms with E-state index in [1.54, 1.807) is 0 Å². The second-order valence-corrected chi connectivity index (χ2v) is 5.80. The van der Waals surface area contributed by atoms with E-state index in [2.05, 4.69) is 4.98 Å². The van der Waals surface area contributed by atoms with Crippen LogP contribution in [0, 0.1) is 5.89 Å². The summed E-state index contributed by atoms with van der Waals surface area (Å²) in [6, 6.07) is 0. The third-order valence-corrected chi connectivity index (χ3v) is 4.04. The Morgan fingerprint density at radius 3 is 3.42 bits per heavy atom. The second-order valence-electron chi connectivity index (χ2n) is 5.01. The van der Waals surface area contributed by atoms with Crippen molar-refractivity contribution in [1.82, 2.24) is 19.8 Å². The number of nitrogens with one attached hydrogen (secondary N) is 1. The first-order chi connectivity index (χ1) is 19.4. The Bertz CT molecular complexity index is 1520. The van der Waals surface area contributed by atoms with Crippen molar-refractivity contribution in [2.24, 2.45) is 5.89 Å². The molecule has 3 rings (SSSR count). The molecule has 2 aromatic heterocycles. The maximum absolute atomic E-state index is 13.3. The van der Waals surface area contributed by atoms with E-state index in [0.717, 1.165) is 0 Å². The summed E-state index contributed by atoms with van der Waals surface area (Å²) in [4.78, 5) is 30.2. The Morgan fingerprint density at radius 1 is 1.77 bits per heavy atom. The number of carbonyl (C=O) groups is 1. The number of pyridine rings is 1. The van der Waals surface area contributed by atoms with Gasteiger partial charge < -0.3 is 15.3 Å². The van der Waals surface area contributed by atoms with Gasteiger partial charge in [-0.15, -0.1) is 11.3 Å². The van der Waals surface area contributed by atoms with Gasteiger partial charge in [-0.25, -0.2) is 4.98 Å². The van der Waals surface area contributed by atoms with Gasteiger partial charge in [0.25, 0.3) is 11.5 Å². The van der Waals surface area contributed by atoms with Crippen molar-refractivity contribution >= 4 is 27.6 Å². The second kappa shape index (κ2) is 8.18. The highest BCUT2D eigenvalue weighted by molar-refractivity contribution is 7.17. The van der Waals surface area contributed by atoms with Gasteiger partial charge in [0.15, 0.2) is 12.8 Å². The number of fused-ring (bicyclic) bond motifs is 1. The minimum Gasteiger partial charge on any atom is -0.505 e. The average Bonchev–Trinajstić information content (AvgIpc) is 3.22. The van der Waals surface area contributed by atoms with Crippen LogP contribution in [-0.4, -0.2) is 51.5 Å². The molecule has 0 radical (unpaired) electrons. The number of carbonyl (C=O) groups excluding carboxylic acids is 1. The molecule has 2 N–H and O–H groups in total. The number of hydrogen-bond donors (Lipinski definition) is 2. The van der Waals surface area contributed by atoms with Crippen molar-refractivity contribution in [3.8, 4) is 5.75 Å². The standard InChI is InChI=1S/C18H26N4O3S/c1-3-22-16-15(26-11-20-16)14(23)13(18(22)25)17(24)19-7-5-9-21-8-4-6-12(2)10-21/h11-12,23H,3-10H2,1-2H3,(H,19,24)/i1D3,3D2,4D2,6D2,7D2,8D2,10D2,11D,12D/hD. The number of aryl methyl sites for hydroxylation is 1. The van der Waals surface area contributed by atoms with E-state index in [1.165, 1.54) is 0 Å². The SMILES string of the molecule is [2H]c1nc2c(s1)c(O)c(C(=O)N([2H])C([2H])([2H])CCN1C([2H])([2H])C([2H])([2H])C([2H])([2H])C([2H])(C)C1([2H])[2H])c(=O)n2C([2H])([2H])C([2H])([2H])[2H]. The minimum atomic E-state index is -3.59. The largest absolute Gasteiger partial charge is 0.505 e. The number of aromatic nitrogens is 2. The molecule has 7 nitrogen and oxygen atoms in total. The summed E-state index contributed by atoms with van der Waals surface area (Å²) in [6.45, 7) is -17.7. The third-order valence-electron chi connectivity index (χ3n) is 3.28. The molecule has 1 saturated heterocycles. The molecule has 8 heteroatoms. The van der Waals surface area contributed by atoms with Crippen LogP contribution in [-0.2, 0) is 6.50 Å². The molecule has 0 bridgehead atoms. The zero-order valence-electron chi connectivity index (χ0n) is 31.4. The lowest BCUT2D eigenvalue weighted by atomic mass is 10.0. The van der Waals surface area contributed by atoms with Crippen molar-refractivity contribution in [3.63, 3.8) is 0 Å². The van der Waals surface area contributed by atoms with Gasteiger partial charge in [0.1, 0.15) is 10.3 Å². The fraction of sp³-hybridized carbons (Fsp3) is 0.611. The molecule has 142 valence electrons. The summed E-state index contributed by atoms with van der Waals surface area (Å²) in [6.07, 6.45) is -8.16. The Kier molecular flexibility index (Phi) is 2.07. The summed E-state index contributed by atoms with van der Waals surface area (Å²) in [5.41, 5.74) is -4.77. The van der Waals surface area contributed by atoms with Crippen molar-refractivity contribution in [1.29, 1.82) is 0 Å². The van der Waals surface area contributed by atoms with E-state index in [9.17, 15) is 14.7 Å². The molecule has 2 aromatic rings. The molecule has 1 amide bonds. The lowest BCUT2D eigenvalue weighted by Crippen LogP contribution is -2.37. The molecule has 1 aliphatic heterocycles. The zero-order chi connectivity index (χ0) is 34.6. The summed E-state index contributed by atoms with van der Waals surface area (Å²) in [5.74, 6) is -6.19. The first-order valence-electron chi connectivity index (χ1n) is 16.2. The Balaban J connectivity index is 2.09. The van der Waals surface area contributed by atoms with Crippen LogP contribution in [0.5, 0.6) is 5.75 Å². The normalized spacial score (nSPS) is 40.7. The predicted molar refractivity (Wildman–Crippen MR) is 103 cm³/mol. The Morgan fingerprint density at radius 2 is 2.62 bits per heavy atom. The molecular weight excluding hydrogens is 352 g/mol. The molecule has 1 aliphatic rings. The monoisotopic (exact) mass is 396 g/mol. The number of piperidine rings is 1. The van der Waals surface area contributed by atoms with Gasteiger partial charge in [-0.05, 0) is 45.0 Å². The first kappa shape index (κ1) is 6.60. The summed E-state index contributed by atoms with van der Waals surface area (Å²) >= 11 is 0.303.